The van der Waals surface area contributed by atoms with Crippen LogP contribution in [0.1, 0.15) is 27.8 Å². The highest BCUT2D eigenvalue weighted by Crippen LogP contribution is 2.57. The Bertz CT molecular complexity index is 1660. The van der Waals surface area contributed by atoms with Crippen molar-refractivity contribution in [2.45, 2.75) is 24.3 Å². The fourth-order valence-corrected chi connectivity index (χ4v) is 7.43. The lowest BCUT2D eigenvalue weighted by Gasteiger charge is -2.51. The summed E-state index contributed by atoms with van der Waals surface area (Å²) in [6, 6.07) is 24.5. The van der Waals surface area contributed by atoms with Gasteiger partial charge in [0, 0.05) is 29.5 Å². The summed E-state index contributed by atoms with van der Waals surface area (Å²) in [5, 5.41) is 43.6. The van der Waals surface area contributed by atoms with Crippen LogP contribution in [0.25, 0.3) is 16.7 Å². The van der Waals surface area contributed by atoms with E-state index in [2.05, 4.69) is 25.3 Å². The average molecular weight is 632 g/mol. The second kappa shape index (κ2) is 9.03. The molecule has 5 nitrogen and oxygen atoms in total. The van der Waals surface area contributed by atoms with E-state index >= 15 is 0 Å². The van der Waals surface area contributed by atoms with E-state index < -0.39 is 5.41 Å². The molecule has 6 heteroatoms. The summed E-state index contributed by atoms with van der Waals surface area (Å²) in [6.45, 7) is 1.56. The van der Waals surface area contributed by atoms with Crippen LogP contribution in [0, 0.1) is 0 Å². The summed E-state index contributed by atoms with van der Waals surface area (Å²) in [5.41, 5.74) is 6.79. The Labute approximate surface area is 244 Å². The van der Waals surface area contributed by atoms with Crippen molar-refractivity contribution in [2.24, 2.45) is 0 Å². The minimum atomic E-state index is -0.699. The first-order chi connectivity index (χ1) is 18.3. The van der Waals surface area contributed by atoms with Crippen LogP contribution in [0.3, 0.4) is 0 Å². The molecule has 198 valence electrons. The molecule has 4 aromatic carbocycles. The lowest BCUT2D eigenvalue weighted by atomic mass is 9.67. The highest BCUT2D eigenvalue weighted by molar-refractivity contribution is 5.87. The number of likely N-dealkylation sites (N-methyl/N-ethyl adjacent to an activating group) is 1. The Morgan fingerprint density at radius 3 is 2.33 bits per heavy atom. The lowest BCUT2D eigenvalue weighted by molar-refractivity contribution is -0.930. The van der Waals surface area contributed by atoms with Crippen LogP contribution in [0.2, 0.25) is 0 Å². The predicted octanol–water partition coefficient (Wildman–Crippen LogP) is 2.49. The molecule has 4 aliphatic rings. The molecule has 0 spiro atoms. The molecule has 3 atom stereocenters. The normalized spacial score (nSPS) is 24.4. The number of rotatable bonds is 1. The molecular formula is C33H30INO4. The summed E-state index contributed by atoms with van der Waals surface area (Å²) in [6.07, 6.45) is 3.84. The van der Waals surface area contributed by atoms with E-state index in [1.54, 1.807) is 24.3 Å². The van der Waals surface area contributed by atoms with Crippen LogP contribution >= 0.6 is 0 Å². The van der Waals surface area contributed by atoms with Crippen molar-refractivity contribution in [3.63, 3.8) is 0 Å². The Morgan fingerprint density at radius 1 is 0.769 bits per heavy atom. The zero-order valence-electron chi connectivity index (χ0n) is 21.6. The van der Waals surface area contributed by atoms with Crippen molar-refractivity contribution in [3.05, 3.63) is 113 Å². The van der Waals surface area contributed by atoms with Crippen molar-refractivity contribution < 1.29 is 48.9 Å². The number of quaternary nitrogens is 1. The maximum Gasteiger partial charge on any atom is 0.123 e. The number of hydrogen-bond donors (Lipinski definition) is 4. The molecule has 0 radical (unpaired) electrons. The van der Waals surface area contributed by atoms with Gasteiger partial charge in [0.05, 0.1) is 19.0 Å². The van der Waals surface area contributed by atoms with Gasteiger partial charge in [-0.2, -0.15) is 0 Å². The monoisotopic (exact) mass is 631 g/mol. The highest BCUT2D eigenvalue weighted by Gasteiger charge is 2.59. The molecule has 4 bridgehead atoms. The van der Waals surface area contributed by atoms with Crippen LogP contribution in [-0.2, 0) is 18.3 Å². The van der Waals surface area contributed by atoms with Gasteiger partial charge in [-0.1, -0.05) is 42.5 Å². The quantitative estimate of drug-likeness (QED) is 0.193. The van der Waals surface area contributed by atoms with E-state index in [0.29, 0.717) is 4.48 Å². The molecule has 1 unspecified atom stereocenters. The first-order valence-corrected chi connectivity index (χ1v) is 13.1. The van der Waals surface area contributed by atoms with Crippen LogP contribution in [0.4, 0.5) is 0 Å². The van der Waals surface area contributed by atoms with Crippen molar-refractivity contribution in [2.75, 3.05) is 20.1 Å². The third kappa shape index (κ3) is 3.76. The van der Waals surface area contributed by atoms with Gasteiger partial charge in [0.25, 0.3) is 0 Å². The standard InChI is InChI=1S/C33H29NO4.HI/c1-34-13-12-20-8-10-27(30(38)14-20)26-11-9-25(36)17-28(26)22(19-34)18-33(23-5-3-6-24(35)16-23)31(34)15-21-4-2-7-29(37)32(21)33;/h2-11,14,16-18,31H,12-13,15,19H2,1H3,(H3-,35,36,37,38);1H/t31-,33+,34?;/m0./s1. The molecule has 39 heavy (non-hydrogen) atoms. The Kier molecular flexibility index (Phi) is 5.97. The topological polar surface area (TPSA) is 80.9 Å². The van der Waals surface area contributed by atoms with E-state index in [-0.39, 0.29) is 53.0 Å². The van der Waals surface area contributed by atoms with Gasteiger partial charge in [-0.15, -0.1) is 0 Å². The third-order valence-corrected chi connectivity index (χ3v) is 9.10. The molecule has 8 rings (SSSR count). The maximum atomic E-state index is 11.4. The molecule has 3 heterocycles. The molecule has 1 aliphatic carbocycles. The summed E-state index contributed by atoms with van der Waals surface area (Å²) in [7, 11) is 2.28. The van der Waals surface area contributed by atoms with Gasteiger partial charge in [-0.3, -0.25) is 0 Å². The Hall–Kier alpha value is -3.49. The minimum absolute atomic E-state index is 0. The molecule has 0 aromatic heterocycles. The molecule has 3 aliphatic heterocycles. The van der Waals surface area contributed by atoms with Crippen molar-refractivity contribution in [1.29, 1.82) is 0 Å². The first-order valence-electron chi connectivity index (χ1n) is 13.1. The highest BCUT2D eigenvalue weighted by atomic mass is 127. The average Bonchev–Trinajstić information content (AvgIpc) is 3.24. The fourth-order valence-electron chi connectivity index (χ4n) is 7.43. The smallest absolute Gasteiger partial charge is 0.123 e. The van der Waals surface area contributed by atoms with Crippen LogP contribution in [0.15, 0.2) is 84.9 Å². The molecule has 0 saturated heterocycles. The molecule has 0 saturated carbocycles. The molecule has 4 aromatic rings. The van der Waals surface area contributed by atoms with Gasteiger partial charge < -0.3 is 48.9 Å². The van der Waals surface area contributed by atoms with Crippen molar-refractivity contribution in [3.8, 4) is 34.1 Å². The number of nitrogens with zero attached hydrogens (tertiary/aromatic N) is 1. The van der Waals surface area contributed by atoms with Crippen molar-refractivity contribution >= 4 is 5.57 Å². The number of aromatic hydroxyl groups is 4. The van der Waals surface area contributed by atoms with Gasteiger partial charge >= 0.3 is 0 Å². The van der Waals surface area contributed by atoms with Crippen molar-refractivity contribution in [1.82, 2.24) is 0 Å². The predicted molar refractivity (Wildman–Crippen MR) is 147 cm³/mol. The number of fused-ring (bicyclic) bond motifs is 6. The van der Waals surface area contributed by atoms with Crippen LogP contribution in [-0.4, -0.2) is 51.1 Å². The van der Waals surface area contributed by atoms with Crippen LogP contribution in [0.5, 0.6) is 23.0 Å². The largest absolute Gasteiger partial charge is 1.00 e. The van der Waals surface area contributed by atoms with E-state index in [4.69, 9.17) is 0 Å². The van der Waals surface area contributed by atoms with E-state index in [0.717, 1.165) is 70.4 Å². The lowest BCUT2D eigenvalue weighted by Crippen LogP contribution is -3.00. The van der Waals surface area contributed by atoms with E-state index in [1.807, 2.05) is 42.5 Å². The molecule has 0 fully saturated rings. The Morgan fingerprint density at radius 2 is 1.54 bits per heavy atom. The van der Waals surface area contributed by atoms with Gasteiger partial charge in [0.15, 0.2) is 0 Å². The number of phenols is 4. The molecule has 4 N–H and O–H groups in total. The zero-order chi connectivity index (χ0) is 26.2. The second-order valence-corrected chi connectivity index (χ2v) is 11.3. The Balaban J connectivity index is 0.00000277. The minimum Gasteiger partial charge on any atom is -1.00 e. The van der Waals surface area contributed by atoms with Gasteiger partial charge in [0.2, 0.25) is 0 Å². The number of halogens is 1. The summed E-state index contributed by atoms with van der Waals surface area (Å²) in [4.78, 5) is 0. The molecular weight excluding hydrogens is 601 g/mol. The van der Waals surface area contributed by atoms with Crippen LogP contribution < -0.4 is 24.0 Å². The zero-order valence-corrected chi connectivity index (χ0v) is 23.8. The summed E-state index contributed by atoms with van der Waals surface area (Å²) in [5.74, 6) is 0.832. The number of hydrogen-bond acceptors (Lipinski definition) is 4. The first kappa shape index (κ1) is 25.8. The third-order valence-electron chi connectivity index (χ3n) is 9.10. The van der Waals surface area contributed by atoms with Gasteiger partial charge in [-0.05, 0) is 70.3 Å². The summed E-state index contributed by atoms with van der Waals surface area (Å²) >= 11 is 0. The number of phenolic OH excluding ortho intramolecular Hbond substituents is 4. The van der Waals surface area contributed by atoms with Gasteiger partial charge in [0.1, 0.15) is 35.6 Å². The maximum absolute atomic E-state index is 11.4. The number of benzene rings is 4. The molecule has 0 amide bonds. The van der Waals surface area contributed by atoms with E-state index in [9.17, 15) is 20.4 Å². The second-order valence-electron chi connectivity index (χ2n) is 11.3. The fraction of sp³-hybridized carbons (Fsp3) is 0.212. The SMILES string of the molecule is C[N+]12CCc3ccc(c(O)c3)-c3ccc(O)cc3C(=C[C@]3(c4cccc(O)c4)c4c(O)cccc4C[C@@H]31)C2.[I-]. The summed E-state index contributed by atoms with van der Waals surface area (Å²) < 4.78 is 0.700. The van der Waals surface area contributed by atoms with E-state index in [1.165, 1.54) is 0 Å². The van der Waals surface area contributed by atoms with Gasteiger partial charge in [-0.25, -0.2) is 0 Å².